The minimum Gasteiger partial charge on any atom is -0.379 e. The molecular weight excluding hydrogens is 226 g/mol. The lowest BCUT2D eigenvalue weighted by Crippen LogP contribution is -2.67. The fourth-order valence-corrected chi connectivity index (χ4v) is 3.61. The van der Waals surface area contributed by atoms with E-state index in [1.54, 1.807) is 0 Å². The van der Waals surface area contributed by atoms with Crippen molar-refractivity contribution in [3.63, 3.8) is 0 Å². The summed E-state index contributed by atoms with van der Waals surface area (Å²) < 4.78 is 7.89. The Labute approximate surface area is 109 Å². The first-order valence-electron chi connectivity index (χ1n) is 7.03. The molecule has 0 radical (unpaired) electrons. The summed E-state index contributed by atoms with van der Waals surface area (Å²) in [5.74, 6) is 0.665. The van der Waals surface area contributed by atoms with Gasteiger partial charge < -0.3 is 10.1 Å². The summed E-state index contributed by atoms with van der Waals surface area (Å²) in [5.41, 5.74) is 1.36. The Hall–Kier alpha value is -1.03. The number of ether oxygens (including phenoxy) is 1. The minimum atomic E-state index is 0.222. The number of nitrogens with one attached hydrogen (secondary N) is 1. The van der Waals surface area contributed by atoms with Crippen molar-refractivity contribution in [2.75, 3.05) is 11.9 Å². The smallest absolute Gasteiger partial charge is 0.0728 e. The third kappa shape index (κ3) is 1.74. The molecule has 0 aromatic carbocycles. The predicted molar refractivity (Wildman–Crippen MR) is 71.6 cm³/mol. The van der Waals surface area contributed by atoms with Crippen molar-refractivity contribution in [1.82, 2.24) is 9.78 Å². The van der Waals surface area contributed by atoms with Crippen LogP contribution in [0.2, 0.25) is 0 Å². The zero-order valence-corrected chi connectivity index (χ0v) is 11.5. The molecule has 3 atom stereocenters. The van der Waals surface area contributed by atoms with Crippen molar-refractivity contribution in [2.45, 2.75) is 52.3 Å². The summed E-state index contributed by atoms with van der Waals surface area (Å²) in [4.78, 5) is 0. The molecule has 3 unspecified atom stereocenters. The van der Waals surface area contributed by atoms with Gasteiger partial charge in [-0.3, -0.25) is 4.68 Å². The fourth-order valence-electron chi connectivity index (χ4n) is 3.61. The maximum Gasteiger partial charge on any atom is 0.0728 e. The molecule has 0 amide bonds. The van der Waals surface area contributed by atoms with Gasteiger partial charge in [-0.15, -0.1) is 0 Å². The third-order valence-electron chi connectivity index (χ3n) is 4.61. The minimum absolute atomic E-state index is 0.222. The average molecular weight is 249 g/mol. The van der Waals surface area contributed by atoms with E-state index in [1.165, 1.54) is 12.8 Å². The molecule has 4 nitrogen and oxygen atoms in total. The molecule has 1 saturated carbocycles. The molecule has 0 bridgehead atoms. The van der Waals surface area contributed by atoms with Crippen molar-refractivity contribution < 1.29 is 4.74 Å². The lowest BCUT2D eigenvalue weighted by atomic mass is 9.55. The van der Waals surface area contributed by atoms with E-state index in [4.69, 9.17) is 4.74 Å². The highest BCUT2D eigenvalue weighted by Crippen LogP contribution is 2.52. The van der Waals surface area contributed by atoms with Crippen LogP contribution in [0.25, 0.3) is 0 Å². The molecular formula is C14H23N3O. The predicted octanol–water partition coefficient (Wildman–Crippen LogP) is 2.52. The van der Waals surface area contributed by atoms with E-state index in [1.807, 2.05) is 10.9 Å². The van der Waals surface area contributed by atoms with Gasteiger partial charge in [0.1, 0.15) is 0 Å². The second-order valence-corrected chi connectivity index (χ2v) is 6.13. The van der Waals surface area contributed by atoms with Crippen LogP contribution in [-0.4, -0.2) is 28.5 Å². The van der Waals surface area contributed by atoms with Crippen LogP contribution in [0.1, 0.15) is 33.6 Å². The van der Waals surface area contributed by atoms with E-state index < -0.39 is 0 Å². The van der Waals surface area contributed by atoms with Crippen LogP contribution in [0.5, 0.6) is 0 Å². The number of fused-ring (bicyclic) bond motifs is 1. The largest absolute Gasteiger partial charge is 0.379 e. The van der Waals surface area contributed by atoms with E-state index in [0.29, 0.717) is 18.1 Å². The summed E-state index contributed by atoms with van der Waals surface area (Å²) in [6, 6.07) is 0.511. The standard InChI is InChI=1S/C14H23N3O/c1-4-17-9-10(8-15-17)16-12-11-6-5-7-18-13(11)14(12,2)3/h8-9,11-13,16H,4-7H2,1-3H3. The Morgan fingerprint density at radius 2 is 2.39 bits per heavy atom. The van der Waals surface area contributed by atoms with E-state index in [9.17, 15) is 0 Å². The van der Waals surface area contributed by atoms with Crippen molar-refractivity contribution in [1.29, 1.82) is 0 Å². The van der Waals surface area contributed by atoms with Gasteiger partial charge in [0.25, 0.3) is 0 Å². The molecule has 18 heavy (non-hydrogen) atoms. The normalized spacial score (nSPS) is 33.6. The maximum atomic E-state index is 5.93. The molecule has 100 valence electrons. The van der Waals surface area contributed by atoms with Gasteiger partial charge in [-0.05, 0) is 19.8 Å². The lowest BCUT2D eigenvalue weighted by molar-refractivity contribution is -0.177. The summed E-state index contributed by atoms with van der Waals surface area (Å²) in [6.07, 6.45) is 6.94. The van der Waals surface area contributed by atoms with Gasteiger partial charge in [0.2, 0.25) is 0 Å². The molecule has 0 spiro atoms. The number of hydrogen-bond donors (Lipinski definition) is 1. The number of hydrogen-bond acceptors (Lipinski definition) is 3. The fraction of sp³-hybridized carbons (Fsp3) is 0.786. The lowest BCUT2D eigenvalue weighted by Gasteiger charge is -2.60. The highest BCUT2D eigenvalue weighted by atomic mass is 16.5. The molecule has 1 aromatic heterocycles. The molecule has 2 aliphatic rings. The van der Waals surface area contributed by atoms with Crippen LogP contribution in [0.4, 0.5) is 5.69 Å². The quantitative estimate of drug-likeness (QED) is 0.894. The summed E-state index contributed by atoms with van der Waals surface area (Å²) in [5, 5.41) is 7.98. The SMILES string of the molecule is CCn1cc(NC2C3CCCOC3C2(C)C)cn1. The molecule has 1 aliphatic carbocycles. The number of rotatable bonds is 3. The molecule has 4 heteroatoms. The van der Waals surface area contributed by atoms with Crippen LogP contribution in [0, 0.1) is 11.3 Å². The average Bonchev–Trinajstić information content (AvgIpc) is 2.84. The van der Waals surface area contributed by atoms with E-state index in [-0.39, 0.29) is 5.41 Å². The van der Waals surface area contributed by atoms with Gasteiger partial charge in [0.15, 0.2) is 0 Å². The van der Waals surface area contributed by atoms with Crippen molar-refractivity contribution in [3.05, 3.63) is 12.4 Å². The van der Waals surface area contributed by atoms with Gasteiger partial charge in [-0.25, -0.2) is 0 Å². The second-order valence-electron chi connectivity index (χ2n) is 6.13. The van der Waals surface area contributed by atoms with E-state index >= 15 is 0 Å². The van der Waals surface area contributed by atoms with Crippen LogP contribution in [0.3, 0.4) is 0 Å². The van der Waals surface area contributed by atoms with Gasteiger partial charge in [-0.1, -0.05) is 13.8 Å². The molecule has 3 rings (SSSR count). The first-order chi connectivity index (χ1) is 8.63. The number of nitrogens with zero attached hydrogens (tertiary/aromatic N) is 2. The summed E-state index contributed by atoms with van der Waals surface area (Å²) >= 11 is 0. The van der Waals surface area contributed by atoms with Crippen molar-refractivity contribution in [3.8, 4) is 0 Å². The molecule has 2 heterocycles. The Bertz CT molecular complexity index is 426. The van der Waals surface area contributed by atoms with Crippen LogP contribution in [0.15, 0.2) is 12.4 Å². The van der Waals surface area contributed by atoms with Gasteiger partial charge in [-0.2, -0.15) is 5.10 Å². The van der Waals surface area contributed by atoms with E-state index in [2.05, 4.69) is 37.4 Å². The summed E-state index contributed by atoms with van der Waals surface area (Å²) in [7, 11) is 0. The molecule has 2 fully saturated rings. The zero-order valence-electron chi connectivity index (χ0n) is 11.5. The second kappa shape index (κ2) is 4.26. The molecule has 1 N–H and O–H groups in total. The first kappa shape index (κ1) is 12.0. The topological polar surface area (TPSA) is 39.1 Å². The molecule has 1 aliphatic heterocycles. The van der Waals surface area contributed by atoms with Crippen molar-refractivity contribution >= 4 is 5.69 Å². The summed E-state index contributed by atoms with van der Waals surface area (Å²) in [6.45, 7) is 8.58. The van der Waals surface area contributed by atoms with Crippen molar-refractivity contribution in [2.24, 2.45) is 11.3 Å². The number of aromatic nitrogens is 2. The van der Waals surface area contributed by atoms with Crippen LogP contribution < -0.4 is 5.32 Å². The van der Waals surface area contributed by atoms with Gasteiger partial charge >= 0.3 is 0 Å². The molecule has 1 aromatic rings. The van der Waals surface area contributed by atoms with E-state index in [0.717, 1.165) is 18.8 Å². The zero-order chi connectivity index (χ0) is 12.8. The first-order valence-corrected chi connectivity index (χ1v) is 7.03. The number of anilines is 1. The van der Waals surface area contributed by atoms with Crippen LogP contribution >= 0.6 is 0 Å². The monoisotopic (exact) mass is 249 g/mol. The van der Waals surface area contributed by atoms with Crippen LogP contribution in [-0.2, 0) is 11.3 Å². The third-order valence-corrected chi connectivity index (χ3v) is 4.61. The van der Waals surface area contributed by atoms with Gasteiger partial charge in [0, 0.05) is 36.7 Å². The Balaban J connectivity index is 1.72. The Kier molecular flexibility index (Phi) is 2.85. The Morgan fingerprint density at radius 3 is 3.11 bits per heavy atom. The highest BCUT2D eigenvalue weighted by molar-refractivity contribution is 5.42. The highest BCUT2D eigenvalue weighted by Gasteiger charge is 2.57. The molecule has 1 saturated heterocycles. The Morgan fingerprint density at radius 1 is 1.56 bits per heavy atom. The number of aryl methyl sites for hydroxylation is 1. The van der Waals surface area contributed by atoms with Gasteiger partial charge in [0.05, 0.1) is 18.0 Å². The maximum absolute atomic E-state index is 5.93.